The lowest BCUT2D eigenvalue weighted by Crippen LogP contribution is -2.04. The molecule has 0 fully saturated rings. The van der Waals surface area contributed by atoms with E-state index in [-0.39, 0.29) is 32.8 Å². The molecule has 1 heterocycles. The van der Waals surface area contributed by atoms with Gasteiger partial charge < -0.3 is 14.0 Å². The fraction of sp³-hybridized carbons (Fsp3) is 0.0909. The molecule has 3 aromatic carbocycles. The van der Waals surface area contributed by atoms with Gasteiger partial charge >= 0.3 is 0 Å². The number of sulfone groups is 1. The van der Waals surface area contributed by atoms with Crippen LogP contribution < -0.4 is 9.47 Å². The minimum absolute atomic E-state index is 0.000807. The second kappa shape index (κ2) is 8.71. The van der Waals surface area contributed by atoms with E-state index in [0.29, 0.717) is 17.1 Å². The largest absolute Gasteiger partial charge is 0.493 e. The maximum Gasteiger partial charge on any atom is 0.269 e. The first kappa shape index (κ1) is 22.0. The van der Waals surface area contributed by atoms with Gasteiger partial charge in [0.15, 0.2) is 11.5 Å². The highest BCUT2D eigenvalue weighted by Crippen LogP contribution is 2.34. The summed E-state index contributed by atoms with van der Waals surface area (Å²) >= 11 is 0. The molecule has 33 heavy (non-hydrogen) atoms. The summed E-state index contributed by atoms with van der Waals surface area (Å²) in [6.07, 6.45) is 0. The quantitative estimate of drug-likeness (QED) is 0.290. The molecule has 1 aromatic heterocycles. The Labute approximate surface area is 188 Å². The molecule has 0 aliphatic heterocycles. The van der Waals surface area contributed by atoms with Gasteiger partial charge in [-0.05, 0) is 42.5 Å². The Kier molecular flexibility index (Phi) is 5.80. The number of benzene rings is 3. The third-order valence-corrected chi connectivity index (χ3v) is 6.66. The second-order valence-corrected chi connectivity index (χ2v) is 8.66. The number of aromatic nitrogens is 2. The number of ether oxygens (including phenoxy) is 2. The molecule has 0 saturated carbocycles. The predicted molar refractivity (Wildman–Crippen MR) is 117 cm³/mol. The molecule has 0 N–H and O–H groups in total. The predicted octanol–water partition coefficient (Wildman–Crippen LogP) is 4.16. The lowest BCUT2D eigenvalue weighted by Gasteiger charge is -2.08. The Bertz CT molecular complexity index is 1430. The highest BCUT2D eigenvalue weighted by atomic mass is 32.2. The van der Waals surface area contributed by atoms with Crippen LogP contribution in [0, 0.1) is 10.1 Å². The Hall–Kier alpha value is -4.25. The van der Waals surface area contributed by atoms with Crippen molar-refractivity contribution in [2.75, 3.05) is 14.2 Å². The van der Waals surface area contributed by atoms with E-state index < -0.39 is 14.8 Å². The zero-order chi connectivity index (χ0) is 23.6. The van der Waals surface area contributed by atoms with Gasteiger partial charge in [0.05, 0.1) is 34.5 Å². The van der Waals surface area contributed by atoms with E-state index in [1.165, 1.54) is 32.4 Å². The number of nitrogens with zero attached hydrogens (tertiary/aromatic N) is 3. The van der Waals surface area contributed by atoms with E-state index >= 15 is 0 Å². The van der Waals surface area contributed by atoms with Crippen molar-refractivity contribution < 1.29 is 27.3 Å². The molecule has 168 valence electrons. The van der Waals surface area contributed by atoms with Gasteiger partial charge in [-0.2, -0.15) is 4.98 Å². The molecular weight excluding hydrogens is 450 g/mol. The molecule has 0 bridgehead atoms. The molecule has 10 nitrogen and oxygen atoms in total. The van der Waals surface area contributed by atoms with Crippen LogP contribution in [0.25, 0.3) is 22.8 Å². The molecule has 4 rings (SSSR count). The molecule has 0 amide bonds. The first-order chi connectivity index (χ1) is 15.8. The van der Waals surface area contributed by atoms with Gasteiger partial charge in [-0.15, -0.1) is 0 Å². The summed E-state index contributed by atoms with van der Waals surface area (Å²) in [7, 11) is -1.000. The van der Waals surface area contributed by atoms with Gasteiger partial charge in [-0.1, -0.05) is 17.3 Å². The second-order valence-electron chi connectivity index (χ2n) is 6.74. The molecule has 11 heteroatoms. The molecule has 0 saturated heterocycles. The van der Waals surface area contributed by atoms with Gasteiger partial charge in [0.1, 0.15) is 0 Å². The Morgan fingerprint density at radius 2 is 1.64 bits per heavy atom. The van der Waals surface area contributed by atoms with E-state index in [9.17, 15) is 18.5 Å². The van der Waals surface area contributed by atoms with Crippen molar-refractivity contribution in [3.8, 4) is 34.3 Å². The summed E-state index contributed by atoms with van der Waals surface area (Å²) < 4.78 is 42.4. The lowest BCUT2D eigenvalue weighted by atomic mass is 10.2. The van der Waals surface area contributed by atoms with Crippen molar-refractivity contribution in [2.45, 2.75) is 9.79 Å². The molecule has 0 unspecified atom stereocenters. The monoisotopic (exact) mass is 467 g/mol. The van der Waals surface area contributed by atoms with E-state index in [2.05, 4.69) is 10.1 Å². The van der Waals surface area contributed by atoms with Crippen LogP contribution in [-0.2, 0) is 9.84 Å². The van der Waals surface area contributed by atoms with Crippen LogP contribution in [0.15, 0.2) is 81.0 Å². The van der Waals surface area contributed by atoms with Crippen molar-refractivity contribution in [3.05, 3.63) is 76.8 Å². The summed E-state index contributed by atoms with van der Waals surface area (Å²) in [5.41, 5.74) is 0.576. The lowest BCUT2D eigenvalue weighted by molar-refractivity contribution is -0.384. The van der Waals surface area contributed by atoms with E-state index in [0.717, 1.165) is 12.1 Å². The van der Waals surface area contributed by atoms with E-state index in [1.807, 2.05) is 0 Å². The highest BCUT2D eigenvalue weighted by molar-refractivity contribution is 7.91. The number of non-ortho nitro benzene ring substituents is 1. The van der Waals surface area contributed by atoms with Crippen LogP contribution in [0.5, 0.6) is 11.5 Å². The van der Waals surface area contributed by atoms with Crippen LogP contribution in [0.4, 0.5) is 5.69 Å². The zero-order valence-corrected chi connectivity index (χ0v) is 18.3. The van der Waals surface area contributed by atoms with Crippen LogP contribution >= 0.6 is 0 Å². The maximum absolute atomic E-state index is 13.2. The fourth-order valence-corrected chi connectivity index (χ4v) is 4.63. The van der Waals surface area contributed by atoms with Gasteiger partial charge in [0, 0.05) is 17.7 Å². The van der Waals surface area contributed by atoms with Crippen LogP contribution in [0.1, 0.15) is 0 Å². The number of methoxy groups -OCH3 is 2. The number of nitro benzene ring substituents is 1. The third-order valence-electron chi connectivity index (χ3n) is 4.83. The fourth-order valence-electron chi connectivity index (χ4n) is 3.18. The average molecular weight is 467 g/mol. The van der Waals surface area contributed by atoms with E-state index in [4.69, 9.17) is 14.0 Å². The summed E-state index contributed by atoms with van der Waals surface area (Å²) in [5.74, 6) is 1.24. The van der Waals surface area contributed by atoms with Gasteiger partial charge in [-0.25, -0.2) is 8.42 Å². The number of hydrogen-bond donors (Lipinski definition) is 0. The number of rotatable bonds is 7. The first-order valence-corrected chi connectivity index (χ1v) is 11.0. The molecule has 0 radical (unpaired) electrons. The molecule has 4 aromatic rings. The van der Waals surface area contributed by atoms with Gasteiger partial charge in [-0.3, -0.25) is 10.1 Å². The molecular formula is C22H17N3O7S. The minimum Gasteiger partial charge on any atom is -0.493 e. The van der Waals surface area contributed by atoms with Crippen molar-refractivity contribution >= 4 is 15.5 Å². The van der Waals surface area contributed by atoms with Crippen molar-refractivity contribution in [3.63, 3.8) is 0 Å². The standard InChI is InChI=1S/C22H17N3O7S/c1-30-18-12-7-14(13-19(18)31-2)21-23-22(32-24-21)17-5-3-4-6-20(17)33(28,29)16-10-8-15(9-11-16)25(26)27/h3-13H,1-2H3. The summed E-state index contributed by atoms with van der Waals surface area (Å²) in [5, 5.41) is 14.8. The smallest absolute Gasteiger partial charge is 0.269 e. The van der Waals surface area contributed by atoms with Crippen LogP contribution in [0.3, 0.4) is 0 Å². The summed E-state index contributed by atoms with van der Waals surface area (Å²) in [6.45, 7) is 0. The maximum atomic E-state index is 13.2. The summed E-state index contributed by atoms with van der Waals surface area (Å²) in [6, 6.07) is 15.9. The highest BCUT2D eigenvalue weighted by Gasteiger charge is 2.25. The molecule has 0 aliphatic carbocycles. The SMILES string of the molecule is COc1ccc(-c2noc(-c3ccccc3S(=O)(=O)c3ccc([N+](=O)[O-])cc3)n2)cc1OC. The Morgan fingerprint density at radius 1 is 0.939 bits per heavy atom. The topological polar surface area (TPSA) is 135 Å². The van der Waals surface area contributed by atoms with Crippen molar-refractivity contribution in [2.24, 2.45) is 0 Å². The third kappa shape index (κ3) is 4.13. The zero-order valence-electron chi connectivity index (χ0n) is 17.5. The van der Waals surface area contributed by atoms with Gasteiger partial charge in [0.2, 0.25) is 15.7 Å². The normalized spacial score (nSPS) is 11.2. The van der Waals surface area contributed by atoms with Gasteiger partial charge in [0.25, 0.3) is 11.6 Å². The van der Waals surface area contributed by atoms with Crippen LogP contribution in [0.2, 0.25) is 0 Å². The molecule has 0 aliphatic rings. The van der Waals surface area contributed by atoms with Crippen molar-refractivity contribution in [1.29, 1.82) is 0 Å². The van der Waals surface area contributed by atoms with Crippen molar-refractivity contribution in [1.82, 2.24) is 10.1 Å². The molecule has 0 spiro atoms. The Balaban J connectivity index is 1.74. The number of nitro groups is 1. The summed E-state index contributed by atoms with van der Waals surface area (Å²) in [4.78, 5) is 14.5. The van der Waals surface area contributed by atoms with Crippen LogP contribution in [-0.4, -0.2) is 37.7 Å². The number of hydrogen-bond acceptors (Lipinski definition) is 9. The first-order valence-electron chi connectivity index (χ1n) is 9.50. The average Bonchev–Trinajstić information content (AvgIpc) is 3.34. The Morgan fingerprint density at radius 3 is 2.30 bits per heavy atom. The molecule has 0 atom stereocenters. The van der Waals surface area contributed by atoms with E-state index in [1.54, 1.807) is 36.4 Å². The minimum atomic E-state index is -4.02.